The number of thioether (sulfide) groups is 1. The van der Waals surface area contributed by atoms with Crippen molar-refractivity contribution in [1.82, 2.24) is 4.90 Å². The van der Waals surface area contributed by atoms with Crippen molar-refractivity contribution >= 4 is 17.4 Å². The number of rotatable bonds is 5. The maximum Gasteiger partial charge on any atom is 0.134 e. The fourth-order valence-electron chi connectivity index (χ4n) is 1.14. The van der Waals surface area contributed by atoms with Crippen LogP contribution in [0.4, 0.5) is 5.69 Å². The van der Waals surface area contributed by atoms with Crippen LogP contribution >= 0.6 is 11.8 Å². The quantitative estimate of drug-likeness (QED) is 0.615. The van der Waals surface area contributed by atoms with E-state index in [2.05, 4.69) is 19.0 Å². The maximum atomic E-state index is 5.68. The minimum absolute atomic E-state index is 0.740. The third-order valence-electron chi connectivity index (χ3n) is 1.98. The monoisotopic (exact) mass is 226 g/mol. The van der Waals surface area contributed by atoms with Crippen LogP contribution in [0.3, 0.4) is 0 Å². The van der Waals surface area contributed by atoms with E-state index in [4.69, 9.17) is 10.5 Å². The van der Waals surface area contributed by atoms with E-state index in [0.29, 0.717) is 0 Å². The Bertz CT molecular complexity index is 315. The van der Waals surface area contributed by atoms with Gasteiger partial charge in [0, 0.05) is 28.9 Å². The average molecular weight is 226 g/mol. The van der Waals surface area contributed by atoms with Crippen molar-refractivity contribution in [3.8, 4) is 5.75 Å². The van der Waals surface area contributed by atoms with Crippen molar-refractivity contribution in [2.75, 3.05) is 39.2 Å². The Labute approximate surface area is 95.6 Å². The van der Waals surface area contributed by atoms with Crippen molar-refractivity contribution < 1.29 is 4.74 Å². The van der Waals surface area contributed by atoms with Crippen molar-refractivity contribution in [3.05, 3.63) is 18.2 Å². The van der Waals surface area contributed by atoms with Crippen molar-refractivity contribution in [2.45, 2.75) is 4.90 Å². The number of nitrogen functional groups attached to an aromatic ring is 1. The smallest absolute Gasteiger partial charge is 0.134 e. The fraction of sp³-hybridized carbons (Fsp3) is 0.455. The van der Waals surface area contributed by atoms with Crippen molar-refractivity contribution in [1.29, 1.82) is 0 Å². The molecular formula is C11H18N2OS. The SMILES string of the molecule is COc1cc(N)ccc1SCCN(C)C. The Hall–Kier alpha value is -0.870. The second kappa shape index (κ2) is 5.88. The lowest BCUT2D eigenvalue weighted by Gasteiger charge is -2.11. The van der Waals surface area contributed by atoms with Gasteiger partial charge in [-0.1, -0.05) is 0 Å². The van der Waals surface area contributed by atoms with Crippen LogP contribution in [-0.2, 0) is 0 Å². The first-order valence-electron chi connectivity index (χ1n) is 4.84. The number of benzene rings is 1. The maximum absolute atomic E-state index is 5.68. The fourth-order valence-corrected chi connectivity index (χ4v) is 2.27. The van der Waals surface area contributed by atoms with E-state index in [-0.39, 0.29) is 0 Å². The normalized spacial score (nSPS) is 10.7. The number of methoxy groups -OCH3 is 1. The van der Waals surface area contributed by atoms with Gasteiger partial charge in [-0.25, -0.2) is 0 Å². The molecule has 0 unspecified atom stereocenters. The van der Waals surface area contributed by atoms with Crippen LogP contribution in [0, 0.1) is 0 Å². The van der Waals surface area contributed by atoms with Crippen LogP contribution in [-0.4, -0.2) is 38.4 Å². The number of anilines is 1. The molecule has 0 atom stereocenters. The third kappa shape index (κ3) is 4.01. The van der Waals surface area contributed by atoms with E-state index in [1.165, 1.54) is 0 Å². The Morgan fingerprint density at radius 1 is 1.40 bits per heavy atom. The minimum Gasteiger partial charge on any atom is -0.496 e. The summed E-state index contributed by atoms with van der Waals surface area (Å²) in [6.07, 6.45) is 0. The lowest BCUT2D eigenvalue weighted by molar-refractivity contribution is 0.405. The first-order chi connectivity index (χ1) is 7.13. The van der Waals surface area contributed by atoms with E-state index >= 15 is 0 Å². The molecule has 0 bridgehead atoms. The van der Waals surface area contributed by atoms with Gasteiger partial charge < -0.3 is 15.4 Å². The number of nitrogens with two attached hydrogens (primary N) is 1. The van der Waals surface area contributed by atoms with Crippen LogP contribution in [0.15, 0.2) is 23.1 Å². The molecule has 0 radical (unpaired) electrons. The molecule has 1 aromatic carbocycles. The van der Waals surface area contributed by atoms with E-state index < -0.39 is 0 Å². The Kier molecular flexibility index (Phi) is 4.78. The standard InChI is InChI=1S/C11H18N2OS/c1-13(2)6-7-15-11-5-4-9(12)8-10(11)14-3/h4-5,8H,6-7,12H2,1-3H3. The molecule has 84 valence electrons. The molecule has 0 saturated carbocycles. The van der Waals surface area contributed by atoms with Gasteiger partial charge in [-0.05, 0) is 26.2 Å². The van der Waals surface area contributed by atoms with Gasteiger partial charge in [-0.3, -0.25) is 0 Å². The summed E-state index contributed by atoms with van der Waals surface area (Å²) < 4.78 is 5.27. The topological polar surface area (TPSA) is 38.5 Å². The molecule has 0 saturated heterocycles. The van der Waals surface area contributed by atoms with Crippen molar-refractivity contribution in [2.24, 2.45) is 0 Å². The van der Waals surface area contributed by atoms with E-state index in [0.717, 1.165) is 28.6 Å². The van der Waals surface area contributed by atoms with E-state index in [1.807, 2.05) is 18.2 Å². The largest absolute Gasteiger partial charge is 0.496 e. The van der Waals surface area contributed by atoms with Crippen LogP contribution in [0.2, 0.25) is 0 Å². The Morgan fingerprint density at radius 3 is 2.73 bits per heavy atom. The molecule has 0 aliphatic heterocycles. The Morgan fingerprint density at radius 2 is 2.13 bits per heavy atom. The van der Waals surface area contributed by atoms with Crippen LogP contribution in [0.5, 0.6) is 5.75 Å². The molecule has 3 nitrogen and oxygen atoms in total. The summed E-state index contributed by atoms with van der Waals surface area (Å²) in [7, 11) is 5.81. The van der Waals surface area contributed by atoms with Crippen LogP contribution in [0.25, 0.3) is 0 Å². The van der Waals surface area contributed by atoms with Gasteiger partial charge in [0.15, 0.2) is 0 Å². The first kappa shape index (κ1) is 12.2. The summed E-state index contributed by atoms with van der Waals surface area (Å²) in [5.41, 5.74) is 6.42. The molecule has 0 aromatic heterocycles. The van der Waals surface area contributed by atoms with Crippen molar-refractivity contribution in [3.63, 3.8) is 0 Å². The highest BCUT2D eigenvalue weighted by Gasteiger charge is 2.03. The average Bonchev–Trinajstić information content (AvgIpc) is 2.19. The predicted octanol–water partition coefficient (Wildman–Crippen LogP) is 1.93. The third-order valence-corrected chi connectivity index (χ3v) is 3.02. The molecule has 0 heterocycles. The second-order valence-corrected chi connectivity index (χ2v) is 4.70. The summed E-state index contributed by atoms with van der Waals surface area (Å²) in [4.78, 5) is 3.31. The number of nitrogens with zero attached hydrogens (tertiary/aromatic N) is 1. The first-order valence-corrected chi connectivity index (χ1v) is 5.83. The highest BCUT2D eigenvalue weighted by atomic mass is 32.2. The molecule has 15 heavy (non-hydrogen) atoms. The molecule has 2 N–H and O–H groups in total. The van der Waals surface area contributed by atoms with Gasteiger partial charge in [0.2, 0.25) is 0 Å². The number of hydrogen-bond acceptors (Lipinski definition) is 4. The zero-order chi connectivity index (χ0) is 11.3. The Balaban J connectivity index is 2.60. The zero-order valence-electron chi connectivity index (χ0n) is 9.49. The zero-order valence-corrected chi connectivity index (χ0v) is 10.3. The van der Waals surface area contributed by atoms with E-state index in [9.17, 15) is 0 Å². The summed E-state index contributed by atoms with van der Waals surface area (Å²) >= 11 is 1.79. The van der Waals surface area contributed by atoms with E-state index in [1.54, 1.807) is 18.9 Å². The molecule has 1 aromatic rings. The van der Waals surface area contributed by atoms with Gasteiger partial charge >= 0.3 is 0 Å². The lowest BCUT2D eigenvalue weighted by Crippen LogP contribution is -2.14. The van der Waals surface area contributed by atoms with Gasteiger partial charge in [-0.2, -0.15) is 0 Å². The van der Waals surface area contributed by atoms with Gasteiger partial charge in [-0.15, -0.1) is 11.8 Å². The molecule has 0 fully saturated rings. The minimum atomic E-state index is 0.740. The number of ether oxygens (including phenoxy) is 1. The van der Waals surface area contributed by atoms with Crippen LogP contribution < -0.4 is 10.5 Å². The van der Waals surface area contributed by atoms with Gasteiger partial charge in [0.25, 0.3) is 0 Å². The highest BCUT2D eigenvalue weighted by Crippen LogP contribution is 2.30. The second-order valence-electron chi connectivity index (χ2n) is 3.56. The van der Waals surface area contributed by atoms with Gasteiger partial charge in [0.1, 0.15) is 5.75 Å². The van der Waals surface area contributed by atoms with Gasteiger partial charge in [0.05, 0.1) is 7.11 Å². The molecule has 0 aliphatic carbocycles. The lowest BCUT2D eigenvalue weighted by atomic mass is 10.3. The summed E-state index contributed by atoms with van der Waals surface area (Å²) in [6.45, 7) is 1.05. The molecule has 0 aliphatic rings. The molecule has 4 heteroatoms. The summed E-state index contributed by atoms with van der Waals surface area (Å²) in [6, 6.07) is 5.77. The molecule has 0 amide bonds. The molecule has 0 spiro atoms. The molecule has 1 rings (SSSR count). The van der Waals surface area contributed by atoms with Crippen LogP contribution in [0.1, 0.15) is 0 Å². The summed E-state index contributed by atoms with van der Waals surface area (Å²) in [5, 5.41) is 0. The molecular weight excluding hydrogens is 208 g/mol. The number of hydrogen-bond donors (Lipinski definition) is 1. The summed E-state index contributed by atoms with van der Waals surface area (Å²) in [5.74, 6) is 1.91. The predicted molar refractivity (Wildman–Crippen MR) is 66.7 cm³/mol. The highest BCUT2D eigenvalue weighted by molar-refractivity contribution is 7.99.